The van der Waals surface area contributed by atoms with E-state index >= 15 is 0 Å². The van der Waals surface area contributed by atoms with Crippen LogP contribution >= 0.6 is 0 Å². The number of hydrogen-bond donors (Lipinski definition) is 1. The van der Waals surface area contributed by atoms with Crippen molar-refractivity contribution >= 4 is 27.3 Å². The van der Waals surface area contributed by atoms with Crippen LogP contribution in [0.1, 0.15) is 26.3 Å². The summed E-state index contributed by atoms with van der Waals surface area (Å²) in [6.45, 7) is 8.15. The van der Waals surface area contributed by atoms with Crippen molar-refractivity contribution in [2.24, 2.45) is 5.41 Å². The number of fused-ring (bicyclic) bond motifs is 1. The van der Waals surface area contributed by atoms with Crippen LogP contribution in [0.4, 0.5) is 11.4 Å². The maximum absolute atomic E-state index is 12.7. The summed E-state index contributed by atoms with van der Waals surface area (Å²) in [5.41, 5.74) is 1.24. The molecule has 0 aromatic heterocycles. The fourth-order valence-corrected chi connectivity index (χ4v) is 4.18. The molecule has 2 aromatic rings. The molecule has 1 N–H and O–H groups in total. The van der Waals surface area contributed by atoms with Crippen LogP contribution in [-0.2, 0) is 14.8 Å². The molecule has 1 amide bonds. The van der Waals surface area contributed by atoms with Crippen molar-refractivity contribution in [1.29, 1.82) is 0 Å². The highest BCUT2D eigenvalue weighted by molar-refractivity contribution is 7.92. The maximum atomic E-state index is 12.7. The van der Waals surface area contributed by atoms with E-state index < -0.39 is 15.4 Å². The molecule has 0 atom stereocenters. The molecule has 0 saturated carbocycles. The van der Waals surface area contributed by atoms with Gasteiger partial charge in [0.25, 0.3) is 10.0 Å². The zero-order chi connectivity index (χ0) is 19.8. The SMILES string of the molecule is CCN1C(=O)C(C)(C)COc2cc(NS(=O)(=O)c3cccc(C)c3)ccc21. The van der Waals surface area contributed by atoms with E-state index in [1.807, 2.05) is 33.8 Å². The van der Waals surface area contributed by atoms with Crippen LogP contribution in [0.2, 0.25) is 0 Å². The Bertz CT molecular complexity index is 983. The van der Waals surface area contributed by atoms with E-state index in [0.717, 1.165) is 5.56 Å². The predicted octanol–water partition coefficient (Wildman–Crippen LogP) is 3.57. The summed E-state index contributed by atoms with van der Waals surface area (Å²) in [6.07, 6.45) is 0. The standard InChI is InChI=1S/C20H24N2O4S/c1-5-22-17-10-9-15(12-18(17)26-13-20(3,4)19(22)23)21-27(24,25)16-8-6-7-14(2)11-16/h6-12,21H,5,13H2,1-4H3. The van der Waals surface area contributed by atoms with Gasteiger partial charge in [-0.25, -0.2) is 8.42 Å². The molecule has 1 aliphatic rings. The summed E-state index contributed by atoms with van der Waals surface area (Å²) in [5, 5.41) is 0. The minimum atomic E-state index is -3.71. The van der Waals surface area contributed by atoms with Gasteiger partial charge in [0.1, 0.15) is 12.4 Å². The highest BCUT2D eigenvalue weighted by Crippen LogP contribution is 2.38. The first-order chi connectivity index (χ1) is 12.6. The molecule has 0 fully saturated rings. The Labute approximate surface area is 160 Å². The first kappa shape index (κ1) is 19.2. The highest BCUT2D eigenvalue weighted by atomic mass is 32.2. The minimum Gasteiger partial charge on any atom is -0.490 e. The average Bonchev–Trinajstić information content (AvgIpc) is 2.70. The number of rotatable bonds is 4. The van der Waals surface area contributed by atoms with Crippen LogP contribution in [0, 0.1) is 12.3 Å². The van der Waals surface area contributed by atoms with E-state index in [4.69, 9.17) is 4.74 Å². The molecule has 2 aromatic carbocycles. The van der Waals surface area contributed by atoms with Crippen LogP contribution < -0.4 is 14.4 Å². The van der Waals surface area contributed by atoms with Gasteiger partial charge in [0, 0.05) is 12.6 Å². The summed E-state index contributed by atoms with van der Waals surface area (Å²) in [5.74, 6) is 0.469. The zero-order valence-electron chi connectivity index (χ0n) is 15.9. The molecule has 3 rings (SSSR count). The Morgan fingerprint density at radius 3 is 2.59 bits per heavy atom. The van der Waals surface area contributed by atoms with Gasteiger partial charge in [-0.15, -0.1) is 0 Å². The van der Waals surface area contributed by atoms with E-state index in [1.165, 1.54) is 0 Å². The molecule has 7 heteroatoms. The lowest BCUT2D eigenvalue weighted by molar-refractivity contribution is -0.127. The highest BCUT2D eigenvalue weighted by Gasteiger charge is 2.37. The Balaban J connectivity index is 1.95. The Morgan fingerprint density at radius 2 is 1.93 bits per heavy atom. The van der Waals surface area contributed by atoms with Gasteiger partial charge >= 0.3 is 0 Å². The van der Waals surface area contributed by atoms with Gasteiger partial charge in [-0.1, -0.05) is 12.1 Å². The van der Waals surface area contributed by atoms with Crippen molar-refractivity contribution in [2.45, 2.75) is 32.6 Å². The van der Waals surface area contributed by atoms with E-state index in [1.54, 1.807) is 41.3 Å². The van der Waals surface area contributed by atoms with Crippen LogP contribution in [0.15, 0.2) is 47.4 Å². The molecule has 0 saturated heterocycles. The monoisotopic (exact) mass is 388 g/mol. The van der Waals surface area contributed by atoms with Crippen molar-refractivity contribution in [3.05, 3.63) is 48.0 Å². The maximum Gasteiger partial charge on any atom is 0.261 e. The van der Waals surface area contributed by atoms with E-state index in [9.17, 15) is 13.2 Å². The number of carbonyl (C=O) groups is 1. The summed E-state index contributed by atoms with van der Waals surface area (Å²) in [6, 6.07) is 11.7. The molecular weight excluding hydrogens is 364 g/mol. The van der Waals surface area contributed by atoms with Gasteiger partial charge in [-0.3, -0.25) is 9.52 Å². The summed E-state index contributed by atoms with van der Waals surface area (Å²) >= 11 is 0. The summed E-state index contributed by atoms with van der Waals surface area (Å²) in [4.78, 5) is 14.6. The number of nitrogens with zero attached hydrogens (tertiary/aromatic N) is 1. The number of sulfonamides is 1. The summed E-state index contributed by atoms with van der Waals surface area (Å²) in [7, 11) is -3.71. The number of aryl methyl sites for hydroxylation is 1. The van der Waals surface area contributed by atoms with Gasteiger partial charge in [-0.2, -0.15) is 0 Å². The van der Waals surface area contributed by atoms with Crippen LogP contribution in [0.5, 0.6) is 5.75 Å². The first-order valence-electron chi connectivity index (χ1n) is 8.82. The van der Waals surface area contributed by atoms with Crippen LogP contribution in [0.25, 0.3) is 0 Å². The number of nitrogens with one attached hydrogen (secondary N) is 1. The number of anilines is 2. The Hall–Kier alpha value is -2.54. The second-order valence-corrected chi connectivity index (χ2v) is 9.01. The van der Waals surface area contributed by atoms with Gasteiger partial charge < -0.3 is 9.64 Å². The van der Waals surface area contributed by atoms with Crippen molar-refractivity contribution in [2.75, 3.05) is 22.8 Å². The largest absolute Gasteiger partial charge is 0.490 e. The van der Waals surface area contributed by atoms with E-state index in [0.29, 0.717) is 23.7 Å². The smallest absolute Gasteiger partial charge is 0.261 e. The first-order valence-corrected chi connectivity index (χ1v) is 10.3. The zero-order valence-corrected chi connectivity index (χ0v) is 16.8. The molecule has 1 heterocycles. The number of carbonyl (C=O) groups excluding carboxylic acids is 1. The molecule has 0 radical (unpaired) electrons. The number of hydrogen-bond acceptors (Lipinski definition) is 4. The third-order valence-electron chi connectivity index (χ3n) is 4.53. The van der Waals surface area contributed by atoms with Crippen molar-refractivity contribution < 1.29 is 17.9 Å². The number of amides is 1. The van der Waals surface area contributed by atoms with E-state index in [2.05, 4.69) is 4.72 Å². The normalized spacial score (nSPS) is 16.3. The molecule has 0 aliphatic carbocycles. The lowest BCUT2D eigenvalue weighted by Gasteiger charge is -2.26. The van der Waals surface area contributed by atoms with Crippen LogP contribution in [-0.4, -0.2) is 27.5 Å². The molecule has 27 heavy (non-hydrogen) atoms. The second kappa shape index (κ2) is 6.88. The molecule has 0 unspecified atom stereocenters. The van der Waals surface area contributed by atoms with Crippen LogP contribution in [0.3, 0.4) is 0 Å². The molecule has 144 valence electrons. The molecular formula is C20H24N2O4S. The van der Waals surface area contributed by atoms with Crippen molar-refractivity contribution in [3.8, 4) is 5.75 Å². The minimum absolute atomic E-state index is 0.0168. The molecule has 1 aliphatic heterocycles. The third-order valence-corrected chi connectivity index (χ3v) is 5.91. The lowest BCUT2D eigenvalue weighted by Crippen LogP contribution is -2.42. The van der Waals surface area contributed by atoms with E-state index in [-0.39, 0.29) is 17.4 Å². The Kier molecular flexibility index (Phi) is 4.90. The van der Waals surface area contributed by atoms with Gasteiger partial charge in [0.05, 0.1) is 21.7 Å². The number of benzene rings is 2. The molecule has 6 nitrogen and oxygen atoms in total. The van der Waals surface area contributed by atoms with Crippen molar-refractivity contribution in [3.63, 3.8) is 0 Å². The summed E-state index contributed by atoms with van der Waals surface area (Å²) < 4.78 is 33.7. The van der Waals surface area contributed by atoms with Crippen molar-refractivity contribution in [1.82, 2.24) is 0 Å². The van der Waals surface area contributed by atoms with Gasteiger partial charge in [0.2, 0.25) is 5.91 Å². The lowest BCUT2D eigenvalue weighted by atomic mass is 9.93. The predicted molar refractivity (Wildman–Crippen MR) is 106 cm³/mol. The molecule has 0 bridgehead atoms. The van der Waals surface area contributed by atoms with Gasteiger partial charge in [-0.05, 0) is 57.5 Å². The fourth-order valence-electron chi connectivity index (χ4n) is 3.02. The Morgan fingerprint density at radius 1 is 1.19 bits per heavy atom. The third kappa shape index (κ3) is 3.78. The quantitative estimate of drug-likeness (QED) is 0.869. The number of ether oxygens (including phenoxy) is 1. The average molecular weight is 388 g/mol. The fraction of sp³-hybridized carbons (Fsp3) is 0.350. The van der Waals surface area contributed by atoms with Gasteiger partial charge in [0.15, 0.2) is 0 Å². The second-order valence-electron chi connectivity index (χ2n) is 7.33. The molecule has 0 spiro atoms. The topological polar surface area (TPSA) is 75.7 Å².